The van der Waals surface area contributed by atoms with E-state index >= 15 is 0 Å². The van der Waals surface area contributed by atoms with Gasteiger partial charge in [0.15, 0.2) is 0 Å². The summed E-state index contributed by atoms with van der Waals surface area (Å²) in [7, 11) is 0. The van der Waals surface area contributed by atoms with E-state index < -0.39 is 5.97 Å². The lowest BCUT2D eigenvalue weighted by atomic mass is 10.1. The van der Waals surface area contributed by atoms with E-state index in [0.717, 1.165) is 0 Å². The van der Waals surface area contributed by atoms with E-state index in [1.54, 1.807) is 35.7 Å². The van der Waals surface area contributed by atoms with Crippen molar-refractivity contribution in [2.45, 2.75) is 0 Å². The average Bonchev–Trinajstić information content (AvgIpc) is 2.39. The van der Waals surface area contributed by atoms with Gasteiger partial charge in [0.25, 0.3) is 0 Å². The lowest BCUT2D eigenvalue weighted by molar-refractivity contribution is -0.132. The largest absolute Gasteiger partial charge is 0.478 e. The van der Waals surface area contributed by atoms with Crippen molar-refractivity contribution in [3.8, 4) is 0 Å². The Bertz CT molecular complexity index is 414. The number of allylic oxidation sites excluding steroid dienone is 3. The molecular formula is C10H8N2O2. The highest BCUT2D eigenvalue weighted by Crippen LogP contribution is 2.18. The Kier molecular flexibility index (Phi) is 2.02. The summed E-state index contributed by atoms with van der Waals surface area (Å²) < 4.78 is 0. The van der Waals surface area contributed by atoms with Crippen LogP contribution in [0.4, 0.5) is 0 Å². The Morgan fingerprint density at radius 3 is 3.00 bits per heavy atom. The van der Waals surface area contributed by atoms with Crippen LogP contribution in [0.5, 0.6) is 0 Å². The van der Waals surface area contributed by atoms with E-state index in [1.165, 1.54) is 6.21 Å². The fraction of sp³-hybridized carbons (Fsp3) is 0. The van der Waals surface area contributed by atoms with E-state index in [4.69, 9.17) is 5.11 Å². The second-order valence-corrected chi connectivity index (χ2v) is 2.79. The van der Waals surface area contributed by atoms with Crippen LogP contribution in [0.25, 0.3) is 0 Å². The lowest BCUT2D eigenvalue weighted by Gasteiger charge is -2.19. The summed E-state index contributed by atoms with van der Waals surface area (Å²) in [4.78, 5) is 16.5. The molecule has 0 bridgehead atoms. The number of carboxylic acids is 1. The van der Waals surface area contributed by atoms with Crippen LogP contribution in [0.15, 0.2) is 53.1 Å². The summed E-state index contributed by atoms with van der Waals surface area (Å²) >= 11 is 0. The molecule has 0 unspecified atom stereocenters. The summed E-state index contributed by atoms with van der Waals surface area (Å²) in [5, 5.41) is 8.94. The molecular weight excluding hydrogens is 180 g/mol. The molecule has 70 valence electrons. The molecule has 2 aliphatic rings. The number of fused-ring (bicyclic) bond motifs is 1. The Morgan fingerprint density at radius 1 is 1.36 bits per heavy atom. The first-order chi connectivity index (χ1) is 6.79. The van der Waals surface area contributed by atoms with Gasteiger partial charge in [-0.05, 0) is 12.2 Å². The minimum Gasteiger partial charge on any atom is -0.478 e. The van der Waals surface area contributed by atoms with Gasteiger partial charge < -0.3 is 10.0 Å². The molecule has 0 saturated carbocycles. The van der Waals surface area contributed by atoms with Gasteiger partial charge in [0.05, 0.1) is 5.70 Å². The van der Waals surface area contributed by atoms with Gasteiger partial charge in [0.1, 0.15) is 5.57 Å². The van der Waals surface area contributed by atoms with Crippen molar-refractivity contribution in [1.82, 2.24) is 4.90 Å². The van der Waals surface area contributed by atoms with E-state index in [-0.39, 0.29) is 5.57 Å². The maximum Gasteiger partial charge on any atom is 0.339 e. The van der Waals surface area contributed by atoms with Crippen molar-refractivity contribution in [3.05, 3.63) is 48.1 Å². The van der Waals surface area contributed by atoms with Crippen LogP contribution >= 0.6 is 0 Å². The fourth-order valence-electron chi connectivity index (χ4n) is 1.27. The maximum atomic E-state index is 10.9. The van der Waals surface area contributed by atoms with Gasteiger partial charge in [-0.3, -0.25) is 4.99 Å². The molecule has 0 amide bonds. The van der Waals surface area contributed by atoms with Crippen molar-refractivity contribution in [3.63, 3.8) is 0 Å². The Labute approximate surface area is 80.9 Å². The predicted octanol–water partition coefficient (Wildman–Crippen LogP) is 1.27. The molecule has 4 nitrogen and oxygen atoms in total. The standard InChI is InChI=1S/C10H8N2O2/c13-10(14)8-7-11-4-6-12-5-2-1-3-9(8)12/h1-7H,(H,13,14). The van der Waals surface area contributed by atoms with E-state index in [9.17, 15) is 4.79 Å². The third kappa shape index (κ3) is 1.37. The topological polar surface area (TPSA) is 52.9 Å². The number of carbonyl (C=O) groups is 1. The van der Waals surface area contributed by atoms with Crippen molar-refractivity contribution in [2.24, 2.45) is 4.99 Å². The SMILES string of the molecule is O=C(O)C1=C2C=CC=CN2C=CN=C1. The maximum absolute atomic E-state index is 10.9. The summed E-state index contributed by atoms with van der Waals surface area (Å²) in [5.41, 5.74) is 0.813. The first kappa shape index (κ1) is 8.50. The van der Waals surface area contributed by atoms with Gasteiger partial charge in [-0.25, -0.2) is 4.79 Å². The van der Waals surface area contributed by atoms with Crippen LogP contribution in [-0.2, 0) is 4.79 Å². The number of nitrogens with zero attached hydrogens (tertiary/aromatic N) is 2. The van der Waals surface area contributed by atoms with Crippen molar-refractivity contribution >= 4 is 12.2 Å². The zero-order valence-corrected chi connectivity index (χ0v) is 7.29. The van der Waals surface area contributed by atoms with Gasteiger partial charge in [0, 0.05) is 24.8 Å². The Hall–Kier alpha value is -2.10. The number of aliphatic imine (C=N–C) groups is 1. The Balaban J connectivity index is 2.53. The molecule has 0 atom stereocenters. The van der Waals surface area contributed by atoms with Crippen LogP contribution in [0.1, 0.15) is 0 Å². The third-order valence-electron chi connectivity index (χ3n) is 1.91. The highest BCUT2D eigenvalue weighted by molar-refractivity contribution is 6.10. The fourth-order valence-corrected chi connectivity index (χ4v) is 1.27. The molecule has 2 aliphatic heterocycles. The van der Waals surface area contributed by atoms with Crippen LogP contribution in [0.3, 0.4) is 0 Å². The van der Waals surface area contributed by atoms with Gasteiger partial charge in [-0.15, -0.1) is 0 Å². The normalized spacial score (nSPS) is 18.4. The monoisotopic (exact) mass is 188 g/mol. The molecule has 4 heteroatoms. The number of hydrogen-bond acceptors (Lipinski definition) is 3. The smallest absolute Gasteiger partial charge is 0.339 e. The summed E-state index contributed by atoms with van der Waals surface area (Å²) in [6, 6.07) is 0. The summed E-state index contributed by atoms with van der Waals surface area (Å²) in [6.45, 7) is 0. The molecule has 0 fully saturated rings. The van der Waals surface area contributed by atoms with Crippen molar-refractivity contribution in [2.75, 3.05) is 0 Å². The van der Waals surface area contributed by atoms with Gasteiger partial charge >= 0.3 is 5.97 Å². The third-order valence-corrected chi connectivity index (χ3v) is 1.91. The van der Waals surface area contributed by atoms with Gasteiger partial charge in [-0.2, -0.15) is 0 Å². The predicted molar refractivity (Wildman–Crippen MR) is 52.4 cm³/mol. The minimum absolute atomic E-state index is 0.190. The van der Waals surface area contributed by atoms with Crippen LogP contribution < -0.4 is 0 Å². The molecule has 1 N–H and O–H groups in total. The number of rotatable bonds is 1. The molecule has 0 aromatic heterocycles. The molecule has 0 aliphatic carbocycles. The number of aliphatic carboxylic acids is 1. The van der Waals surface area contributed by atoms with E-state index in [0.29, 0.717) is 5.70 Å². The van der Waals surface area contributed by atoms with Crippen LogP contribution in [-0.4, -0.2) is 22.2 Å². The second-order valence-electron chi connectivity index (χ2n) is 2.79. The molecule has 0 spiro atoms. The second kappa shape index (κ2) is 3.33. The highest BCUT2D eigenvalue weighted by atomic mass is 16.4. The quantitative estimate of drug-likeness (QED) is 0.674. The van der Waals surface area contributed by atoms with Crippen molar-refractivity contribution in [1.29, 1.82) is 0 Å². The van der Waals surface area contributed by atoms with Gasteiger partial charge in [0.2, 0.25) is 0 Å². The molecule has 14 heavy (non-hydrogen) atoms. The number of hydrogen-bond donors (Lipinski definition) is 1. The van der Waals surface area contributed by atoms with Crippen LogP contribution in [0.2, 0.25) is 0 Å². The lowest BCUT2D eigenvalue weighted by Crippen LogP contribution is -2.15. The summed E-state index contributed by atoms with van der Waals surface area (Å²) in [5.74, 6) is -0.975. The summed E-state index contributed by atoms with van der Waals surface area (Å²) in [6.07, 6.45) is 11.8. The van der Waals surface area contributed by atoms with Crippen molar-refractivity contribution < 1.29 is 9.90 Å². The highest BCUT2D eigenvalue weighted by Gasteiger charge is 2.16. The first-order valence-corrected chi connectivity index (χ1v) is 4.09. The Morgan fingerprint density at radius 2 is 2.21 bits per heavy atom. The molecule has 0 aromatic rings. The molecule has 0 aromatic carbocycles. The van der Waals surface area contributed by atoms with E-state index in [2.05, 4.69) is 4.99 Å². The molecule has 2 heterocycles. The van der Waals surface area contributed by atoms with E-state index in [1.807, 2.05) is 6.08 Å². The zero-order chi connectivity index (χ0) is 9.97. The molecule has 2 rings (SSSR count). The average molecular weight is 188 g/mol. The zero-order valence-electron chi connectivity index (χ0n) is 7.29. The first-order valence-electron chi connectivity index (χ1n) is 4.09. The number of carboxylic acid groups (broad SMARTS) is 1. The van der Waals surface area contributed by atoms with Gasteiger partial charge in [-0.1, -0.05) is 6.08 Å². The molecule has 0 radical (unpaired) electrons. The minimum atomic E-state index is -0.975. The van der Waals surface area contributed by atoms with Crippen LogP contribution in [0, 0.1) is 0 Å². The molecule has 0 saturated heterocycles.